The molecule has 216 valence electrons. The number of methoxy groups -OCH3 is 2. The minimum absolute atomic E-state index is 0.0479. The SMILES string of the molecule is COc1ccc(C(OC[C@@H]2C[C@@H](O)[C@H](n3cnc4c(=O)[nH]c(N)nc43)O2)(c2ccccc2)c2ccc(OC)cc2)cc1. The first-order chi connectivity index (χ1) is 20.4. The van der Waals surface area contributed by atoms with Crippen molar-refractivity contribution in [3.8, 4) is 11.5 Å². The van der Waals surface area contributed by atoms with E-state index in [0.717, 1.165) is 28.2 Å². The van der Waals surface area contributed by atoms with E-state index >= 15 is 0 Å². The maximum atomic E-state index is 12.3. The van der Waals surface area contributed by atoms with Crippen molar-refractivity contribution in [2.24, 2.45) is 0 Å². The number of aliphatic hydroxyl groups is 1. The highest BCUT2D eigenvalue weighted by atomic mass is 16.6. The molecule has 1 aliphatic heterocycles. The Morgan fingerprint density at radius 1 is 0.976 bits per heavy atom. The number of rotatable bonds is 9. The standard InChI is InChI=1S/C31H31N5O6/c1-39-22-12-8-20(9-13-22)31(19-6-4-3-5-7-19,21-10-14-23(40-2)15-11-21)41-17-24-16-25(37)29(42-24)36-18-33-26-27(36)34-30(32)35-28(26)38/h3-15,18,24-25,29,37H,16-17H2,1-2H3,(H3,32,34,35,38)/t24-,25+,29+/m0/s1. The van der Waals surface area contributed by atoms with Gasteiger partial charge in [0.2, 0.25) is 5.95 Å². The van der Waals surface area contributed by atoms with Crippen molar-refractivity contribution >= 4 is 17.1 Å². The number of imidazole rings is 1. The Balaban J connectivity index is 1.37. The average molecular weight is 570 g/mol. The number of benzene rings is 3. The van der Waals surface area contributed by atoms with Crippen LogP contribution >= 0.6 is 0 Å². The van der Waals surface area contributed by atoms with Gasteiger partial charge in [-0.1, -0.05) is 54.6 Å². The van der Waals surface area contributed by atoms with E-state index in [1.807, 2.05) is 78.9 Å². The molecule has 11 nitrogen and oxygen atoms in total. The fourth-order valence-electron chi connectivity index (χ4n) is 5.51. The second kappa shape index (κ2) is 11.3. The summed E-state index contributed by atoms with van der Waals surface area (Å²) in [4.78, 5) is 23.1. The van der Waals surface area contributed by atoms with Gasteiger partial charge in [0.15, 0.2) is 17.4 Å². The minimum atomic E-state index is -1.03. The Kier molecular flexibility index (Phi) is 7.38. The highest BCUT2D eigenvalue weighted by molar-refractivity contribution is 5.70. The summed E-state index contributed by atoms with van der Waals surface area (Å²) in [7, 11) is 3.25. The lowest BCUT2D eigenvalue weighted by Crippen LogP contribution is -2.35. The lowest BCUT2D eigenvalue weighted by Gasteiger charge is -2.37. The zero-order valence-electron chi connectivity index (χ0n) is 23.1. The van der Waals surface area contributed by atoms with Crippen molar-refractivity contribution in [3.63, 3.8) is 0 Å². The number of hydrogen-bond acceptors (Lipinski definition) is 9. The molecule has 1 saturated heterocycles. The molecule has 0 aliphatic carbocycles. The molecule has 0 unspecified atom stereocenters. The summed E-state index contributed by atoms with van der Waals surface area (Å²) in [5.41, 5.74) is 7.30. The molecule has 6 rings (SSSR count). The van der Waals surface area contributed by atoms with E-state index in [4.69, 9.17) is 24.7 Å². The smallest absolute Gasteiger partial charge is 0.280 e. The van der Waals surface area contributed by atoms with Crippen molar-refractivity contribution in [3.05, 3.63) is 112 Å². The van der Waals surface area contributed by atoms with Gasteiger partial charge in [-0.15, -0.1) is 0 Å². The number of aromatic nitrogens is 4. The molecule has 2 aromatic heterocycles. The van der Waals surface area contributed by atoms with Gasteiger partial charge < -0.3 is 29.8 Å². The second-order valence-corrected chi connectivity index (χ2v) is 10.0. The van der Waals surface area contributed by atoms with E-state index in [0.29, 0.717) is 6.42 Å². The maximum Gasteiger partial charge on any atom is 0.280 e. The predicted octanol–water partition coefficient (Wildman–Crippen LogP) is 3.38. The normalized spacial score (nSPS) is 18.8. The number of H-pyrrole nitrogens is 1. The highest BCUT2D eigenvalue weighted by Crippen LogP contribution is 2.43. The Morgan fingerprint density at radius 2 is 1.57 bits per heavy atom. The van der Waals surface area contributed by atoms with Crippen LogP contribution in [0.5, 0.6) is 11.5 Å². The van der Waals surface area contributed by atoms with Crippen molar-refractivity contribution in [1.29, 1.82) is 0 Å². The maximum absolute atomic E-state index is 12.3. The van der Waals surface area contributed by atoms with E-state index < -0.39 is 29.6 Å². The van der Waals surface area contributed by atoms with Crippen LogP contribution < -0.4 is 20.8 Å². The quantitative estimate of drug-likeness (QED) is 0.227. The van der Waals surface area contributed by atoms with E-state index in [2.05, 4.69) is 15.0 Å². The summed E-state index contributed by atoms with van der Waals surface area (Å²) in [5.74, 6) is 1.40. The molecule has 11 heteroatoms. The number of aliphatic hydroxyl groups excluding tert-OH is 1. The summed E-state index contributed by atoms with van der Waals surface area (Å²) in [5, 5.41) is 11.0. The van der Waals surface area contributed by atoms with Gasteiger partial charge in [-0.3, -0.25) is 14.3 Å². The molecule has 0 spiro atoms. The first-order valence-electron chi connectivity index (χ1n) is 13.5. The molecule has 3 aromatic carbocycles. The number of hydrogen-bond donors (Lipinski definition) is 3. The summed E-state index contributed by atoms with van der Waals surface area (Å²) in [6, 6.07) is 25.5. The Morgan fingerprint density at radius 3 is 2.17 bits per heavy atom. The van der Waals surface area contributed by atoms with E-state index in [9.17, 15) is 9.90 Å². The monoisotopic (exact) mass is 569 g/mol. The first kappa shape index (κ1) is 27.5. The number of nitrogen functional groups attached to an aromatic ring is 1. The van der Waals surface area contributed by atoms with E-state index in [-0.39, 0.29) is 23.7 Å². The third-order valence-electron chi connectivity index (χ3n) is 7.55. The van der Waals surface area contributed by atoms with Crippen LogP contribution in [0.25, 0.3) is 11.2 Å². The molecule has 0 radical (unpaired) electrons. The molecule has 4 N–H and O–H groups in total. The summed E-state index contributed by atoms with van der Waals surface area (Å²) in [6.07, 6.45) is -0.496. The Labute approximate surface area is 241 Å². The Hall–Kier alpha value is -4.71. The third-order valence-corrected chi connectivity index (χ3v) is 7.55. The number of fused-ring (bicyclic) bond motifs is 1. The molecule has 0 bridgehead atoms. The van der Waals surface area contributed by atoms with Crippen molar-refractivity contribution < 1.29 is 24.1 Å². The predicted molar refractivity (Wildman–Crippen MR) is 155 cm³/mol. The molecular formula is C31H31N5O6. The van der Waals surface area contributed by atoms with Crippen molar-refractivity contribution in [2.45, 2.75) is 30.5 Å². The molecule has 0 amide bonds. The van der Waals surface area contributed by atoms with Gasteiger partial charge in [0.05, 0.1) is 33.3 Å². The zero-order chi connectivity index (χ0) is 29.3. The van der Waals surface area contributed by atoms with Crippen LogP contribution in [0.15, 0.2) is 90.0 Å². The molecule has 0 saturated carbocycles. The van der Waals surface area contributed by atoms with Gasteiger partial charge in [0.25, 0.3) is 5.56 Å². The van der Waals surface area contributed by atoms with Crippen LogP contribution in [0.2, 0.25) is 0 Å². The largest absolute Gasteiger partial charge is 0.497 e. The Bertz CT molecular complexity index is 1670. The minimum Gasteiger partial charge on any atom is -0.497 e. The molecule has 1 fully saturated rings. The first-order valence-corrected chi connectivity index (χ1v) is 13.5. The van der Waals surface area contributed by atoms with Gasteiger partial charge in [-0.25, -0.2) is 4.98 Å². The second-order valence-electron chi connectivity index (χ2n) is 10.0. The number of nitrogens with zero attached hydrogens (tertiary/aromatic N) is 3. The number of anilines is 1. The van der Waals surface area contributed by atoms with Crippen LogP contribution in [-0.2, 0) is 15.1 Å². The molecule has 3 heterocycles. The lowest BCUT2D eigenvalue weighted by atomic mass is 9.80. The molecule has 1 aliphatic rings. The lowest BCUT2D eigenvalue weighted by molar-refractivity contribution is -0.0851. The number of ether oxygens (including phenoxy) is 4. The fraction of sp³-hybridized carbons (Fsp3) is 0.258. The van der Waals surface area contributed by atoms with Crippen LogP contribution in [0.3, 0.4) is 0 Å². The van der Waals surface area contributed by atoms with Crippen molar-refractivity contribution in [2.75, 3.05) is 26.6 Å². The molecule has 5 aromatic rings. The number of nitrogens with one attached hydrogen (secondary N) is 1. The molecule has 42 heavy (non-hydrogen) atoms. The van der Waals surface area contributed by atoms with E-state index in [1.165, 1.54) is 10.9 Å². The van der Waals surface area contributed by atoms with Gasteiger partial charge in [0.1, 0.15) is 23.2 Å². The highest BCUT2D eigenvalue weighted by Gasteiger charge is 2.42. The van der Waals surface area contributed by atoms with Crippen LogP contribution in [0.4, 0.5) is 5.95 Å². The van der Waals surface area contributed by atoms with Gasteiger partial charge in [0, 0.05) is 6.42 Å². The molecular weight excluding hydrogens is 538 g/mol. The number of aromatic amines is 1. The average Bonchev–Trinajstić information content (AvgIpc) is 3.61. The van der Waals surface area contributed by atoms with Crippen molar-refractivity contribution in [1.82, 2.24) is 19.5 Å². The topological polar surface area (TPSA) is 147 Å². The van der Waals surface area contributed by atoms with E-state index in [1.54, 1.807) is 14.2 Å². The van der Waals surface area contributed by atoms with Crippen LogP contribution in [0.1, 0.15) is 29.3 Å². The third kappa shape index (κ3) is 4.87. The summed E-state index contributed by atoms with van der Waals surface area (Å²) >= 11 is 0. The fourth-order valence-corrected chi connectivity index (χ4v) is 5.51. The van der Waals surface area contributed by atoms with Crippen LogP contribution in [-0.4, -0.2) is 57.7 Å². The molecule has 3 atom stereocenters. The van der Waals surface area contributed by atoms with Crippen LogP contribution in [0, 0.1) is 0 Å². The van der Waals surface area contributed by atoms with Gasteiger partial charge in [-0.2, -0.15) is 4.98 Å². The van der Waals surface area contributed by atoms with Gasteiger partial charge in [-0.05, 0) is 41.0 Å². The zero-order valence-corrected chi connectivity index (χ0v) is 23.1. The summed E-state index contributed by atoms with van der Waals surface area (Å²) in [6.45, 7) is 0.142. The van der Waals surface area contributed by atoms with Gasteiger partial charge >= 0.3 is 0 Å². The summed E-state index contributed by atoms with van der Waals surface area (Å²) < 4.78 is 25.6. The number of nitrogens with two attached hydrogens (primary N) is 1.